The summed E-state index contributed by atoms with van der Waals surface area (Å²) in [6.45, 7) is 9.07. The molecule has 184 valence electrons. The number of para-hydroxylation sites is 2. The van der Waals surface area contributed by atoms with Gasteiger partial charge in [0.25, 0.3) is 5.56 Å². The Morgan fingerprint density at radius 1 is 1.00 bits per heavy atom. The summed E-state index contributed by atoms with van der Waals surface area (Å²) in [5, 5.41) is 0.738. The smallest absolute Gasteiger partial charge is 0.293 e. The van der Waals surface area contributed by atoms with E-state index in [1.165, 1.54) is 5.56 Å². The first-order valence-corrected chi connectivity index (χ1v) is 12.9. The lowest BCUT2D eigenvalue weighted by Gasteiger charge is -2.40. The molecule has 1 amide bonds. The van der Waals surface area contributed by atoms with Gasteiger partial charge in [-0.25, -0.2) is 4.98 Å². The van der Waals surface area contributed by atoms with Crippen LogP contribution in [0.15, 0.2) is 47.3 Å². The van der Waals surface area contributed by atoms with Crippen LogP contribution in [-0.4, -0.2) is 59.6 Å². The first-order chi connectivity index (χ1) is 17.0. The Hall–Kier alpha value is -3.06. The van der Waals surface area contributed by atoms with Crippen molar-refractivity contribution in [3.63, 3.8) is 0 Å². The summed E-state index contributed by atoms with van der Waals surface area (Å²) in [5.41, 5.74) is 3.99. The molecule has 2 saturated heterocycles. The number of aromatic nitrogens is 2. The van der Waals surface area contributed by atoms with Crippen molar-refractivity contribution in [2.75, 3.05) is 49.1 Å². The van der Waals surface area contributed by atoms with Gasteiger partial charge in [-0.1, -0.05) is 29.8 Å². The average Bonchev–Trinajstić information content (AvgIpc) is 2.89. The molecule has 3 aromatic rings. The number of aryl methyl sites for hydroxylation is 2. The summed E-state index contributed by atoms with van der Waals surface area (Å²) in [6, 6.07) is 13.7. The molecule has 3 heterocycles. The third-order valence-electron chi connectivity index (χ3n) is 7.40. The lowest BCUT2D eigenvalue weighted by molar-refractivity contribution is -0.136. The summed E-state index contributed by atoms with van der Waals surface area (Å²) in [7, 11) is 0. The Balaban J connectivity index is 1.22. The largest absolute Gasteiger partial charge is 0.368 e. The molecule has 0 atom stereocenters. The quantitative estimate of drug-likeness (QED) is 0.551. The minimum absolute atomic E-state index is 0.000405. The number of carbonyl (C=O) groups is 1. The highest BCUT2D eigenvalue weighted by molar-refractivity contribution is 6.30. The number of piperazine rings is 1. The Bertz CT molecular complexity index is 1290. The Labute approximate surface area is 210 Å². The van der Waals surface area contributed by atoms with Crippen molar-refractivity contribution in [2.24, 2.45) is 5.92 Å². The SMILES string of the molecule is CCn1c(=O)c(N2CCC(C(=O)N3CCN(c4cc(Cl)ccc4C)CC3)CC2)nc2ccccc21. The predicted molar refractivity (Wildman–Crippen MR) is 142 cm³/mol. The van der Waals surface area contributed by atoms with Crippen LogP contribution in [0.5, 0.6) is 0 Å². The second-order valence-electron chi connectivity index (χ2n) is 9.48. The summed E-state index contributed by atoms with van der Waals surface area (Å²) >= 11 is 6.21. The van der Waals surface area contributed by atoms with Gasteiger partial charge in [-0.05, 0) is 56.5 Å². The lowest BCUT2D eigenvalue weighted by atomic mass is 9.95. The first kappa shape index (κ1) is 23.7. The van der Waals surface area contributed by atoms with E-state index in [2.05, 4.69) is 16.7 Å². The van der Waals surface area contributed by atoms with Crippen LogP contribution in [0.4, 0.5) is 11.5 Å². The molecule has 0 unspecified atom stereocenters. The van der Waals surface area contributed by atoms with Gasteiger partial charge >= 0.3 is 0 Å². The number of halogens is 1. The average molecular weight is 494 g/mol. The van der Waals surface area contributed by atoms with E-state index in [9.17, 15) is 9.59 Å². The third kappa shape index (κ3) is 4.61. The van der Waals surface area contributed by atoms with Crippen molar-refractivity contribution in [3.05, 3.63) is 63.4 Å². The number of nitrogens with zero attached hydrogens (tertiary/aromatic N) is 5. The number of hydrogen-bond donors (Lipinski definition) is 0. The van der Waals surface area contributed by atoms with Crippen LogP contribution in [0, 0.1) is 12.8 Å². The molecule has 1 aromatic heterocycles. The van der Waals surface area contributed by atoms with E-state index in [1.54, 1.807) is 4.57 Å². The molecule has 0 bridgehead atoms. The highest BCUT2D eigenvalue weighted by Crippen LogP contribution is 2.27. The molecule has 0 spiro atoms. The molecule has 0 saturated carbocycles. The van der Waals surface area contributed by atoms with Crippen LogP contribution in [-0.2, 0) is 11.3 Å². The third-order valence-corrected chi connectivity index (χ3v) is 7.63. The normalized spacial score (nSPS) is 17.3. The minimum Gasteiger partial charge on any atom is -0.368 e. The van der Waals surface area contributed by atoms with Crippen molar-refractivity contribution in [3.8, 4) is 0 Å². The maximum atomic E-state index is 13.3. The van der Waals surface area contributed by atoms with E-state index in [1.807, 2.05) is 54.3 Å². The van der Waals surface area contributed by atoms with E-state index >= 15 is 0 Å². The summed E-state index contributed by atoms with van der Waals surface area (Å²) in [6.07, 6.45) is 1.49. The van der Waals surface area contributed by atoms with Crippen LogP contribution in [0.1, 0.15) is 25.3 Å². The fraction of sp³-hybridized carbons (Fsp3) is 0.444. The summed E-state index contributed by atoms with van der Waals surface area (Å²) < 4.78 is 1.79. The van der Waals surface area contributed by atoms with Crippen molar-refractivity contribution >= 4 is 40.0 Å². The Morgan fingerprint density at radius 2 is 1.71 bits per heavy atom. The molecule has 2 aliphatic heterocycles. The maximum Gasteiger partial charge on any atom is 0.293 e. The molecule has 0 N–H and O–H groups in total. The fourth-order valence-corrected chi connectivity index (χ4v) is 5.55. The molecule has 7 nitrogen and oxygen atoms in total. The molecular formula is C27H32ClN5O2. The van der Waals surface area contributed by atoms with E-state index in [0.717, 1.165) is 60.8 Å². The first-order valence-electron chi connectivity index (χ1n) is 12.5. The predicted octanol–water partition coefficient (Wildman–Crippen LogP) is 3.94. The number of piperidine rings is 1. The molecule has 5 rings (SSSR count). The zero-order valence-electron chi connectivity index (χ0n) is 20.4. The van der Waals surface area contributed by atoms with E-state index in [-0.39, 0.29) is 17.4 Å². The molecule has 0 aliphatic carbocycles. The van der Waals surface area contributed by atoms with E-state index in [4.69, 9.17) is 16.6 Å². The van der Waals surface area contributed by atoms with Crippen LogP contribution in [0.2, 0.25) is 5.02 Å². The number of anilines is 2. The summed E-state index contributed by atoms with van der Waals surface area (Å²) in [5.74, 6) is 0.742. The zero-order chi connectivity index (χ0) is 24.5. The topological polar surface area (TPSA) is 61.7 Å². The standard InChI is InChI=1S/C27H32ClN5O2/c1-3-33-23-7-5-4-6-22(23)29-25(27(33)35)31-12-10-20(11-13-31)26(34)32-16-14-30(15-17-32)24-18-21(28)9-8-19(24)2/h4-9,18,20H,3,10-17H2,1-2H3. The van der Waals surface area contributed by atoms with Crippen molar-refractivity contribution in [2.45, 2.75) is 33.2 Å². The number of fused-ring (bicyclic) bond motifs is 1. The molecule has 2 fully saturated rings. The zero-order valence-corrected chi connectivity index (χ0v) is 21.2. The highest BCUT2D eigenvalue weighted by atomic mass is 35.5. The van der Waals surface area contributed by atoms with Crippen LogP contribution >= 0.6 is 11.6 Å². The van der Waals surface area contributed by atoms with Gasteiger partial charge in [0.15, 0.2) is 5.82 Å². The van der Waals surface area contributed by atoms with Gasteiger partial charge in [0, 0.05) is 62.4 Å². The molecular weight excluding hydrogens is 462 g/mol. The minimum atomic E-state index is -0.0524. The number of benzene rings is 2. The number of carbonyl (C=O) groups excluding carboxylic acids is 1. The summed E-state index contributed by atoms with van der Waals surface area (Å²) in [4.78, 5) is 37.5. The Morgan fingerprint density at radius 3 is 2.43 bits per heavy atom. The van der Waals surface area contributed by atoms with E-state index < -0.39 is 0 Å². The second-order valence-corrected chi connectivity index (χ2v) is 9.91. The monoisotopic (exact) mass is 493 g/mol. The molecule has 2 aliphatic rings. The highest BCUT2D eigenvalue weighted by Gasteiger charge is 2.32. The van der Waals surface area contributed by atoms with Crippen LogP contribution in [0.3, 0.4) is 0 Å². The number of rotatable bonds is 4. The second kappa shape index (κ2) is 9.90. The molecule has 35 heavy (non-hydrogen) atoms. The van der Waals surface area contributed by atoms with E-state index in [0.29, 0.717) is 25.5 Å². The fourth-order valence-electron chi connectivity index (χ4n) is 5.39. The van der Waals surface area contributed by atoms with Crippen molar-refractivity contribution in [1.82, 2.24) is 14.5 Å². The van der Waals surface area contributed by atoms with Gasteiger partial charge in [-0.2, -0.15) is 0 Å². The van der Waals surface area contributed by atoms with Gasteiger partial charge in [0.2, 0.25) is 5.91 Å². The van der Waals surface area contributed by atoms with Gasteiger partial charge in [0.1, 0.15) is 0 Å². The van der Waals surface area contributed by atoms with Crippen LogP contribution < -0.4 is 15.4 Å². The molecule has 0 radical (unpaired) electrons. The lowest BCUT2D eigenvalue weighted by Crippen LogP contribution is -2.52. The van der Waals surface area contributed by atoms with Crippen molar-refractivity contribution in [1.29, 1.82) is 0 Å². The Kier molecular flexibility index (Phi) is 6.69. The number of amides is 1. The van der Waals surface area contributed by atoms with Gasteiger partial charge < -0.3 is 19.3 Å². The number of hydrogen-bond acceptors (Lipinski definition) is 5. The molecule has 8 heteroatoms. The van der Waals surface area contributed by atoms with Gasteiger partial charge in [-0.15, -0.1) is 0 Å². The van der Waals surface area contributed by atoms with Crippen LogP contribution in [0.25, 0.3) is 11.0 Å². The van der Waals surface area contributed by atoms with Gasteiger partial charge in [-0.3, -0.25) is 9.59 Å². The molecule has 2 aromatic carbocycles. The maximum absolute atomic E-state index is 13.3. The van der Waals surface area contributed by atoms with Gasteiger partial charge in [0.05, 0.1) is 11.0 Å². The van der Waals surface area contributed by atoms with Crippen molar-refractivity contribution < 1.29 is 4.79 Å².